The molecule has 2 heterocycles. The molecule has 2 aromatic rings. The second-order valence-electron chi connectivity index (χ2n) is 6.36. The summed E-state index contributed by atoms with van der Waals surface area (Å²) in [4.78, 5) is 29.1. The highest BCUT2D eigenvalue weighted by molar-refractivity contribution is 8.01. The zero-order chi connectivity index (χ0) is 19.2. The molecule has 1 aliphatic heterocycles. The average Bonchev–Trinajstić information content (AvgIpc) is 3.28. The Kier molecular flexibility index (Phi) is 6.73. The Morgan fingerprint density at radius 3 is 2.85 bits per heavy atom. The van der Waals surface area contributed by atoms with Gasteiger partial charge in [0, 0.05) is 42.4 Å². The lowest BCUT2D eigenvalue weighted by Crippen LogP contribution is -2.39. The first-order valence-electron chi connectivity index (χ1n) is 9.00. The minimum Gasteiger partial charge on any atom is -0.476 e. The smallest absolute Gasteiger partial charge is 0.355 e. The topological polar surface area (TPSA) is 82.5 Å². The second-order valence-corrected chi connectivity index (χ2v) is 8.56. The van der Waals surface area contributed by atoms with Gasteiger partial charge in [-0.25, -0.2) is 9.78 Å². The molecule has 0 aliphatic carbocycles. The summed E-state index contributed by atoms with van der Waals surface area (Å²) in [6, 6.07) is 8.59. The molecule has 0 saturated carbocycles. The molecule has 1 atom stereocenters. The zero-order valence-electron chi connectivity index (χ0n) is 15.2. The molecule has 144 valence electrons. The van der Waals surface area contributed by atoms with Crippen molar-refractivity contribution in [2.45, 2.75) is 36.6 Å². The molecule has 1 aromatic carbocycles. The standard InChI is InChI=1S/C19H23N3O3S2/c1-2-13-3-5-14(6-4-13)20-11-15-7-8-17(23)22(15)9-10-26-19-21-16(12-27-19)18(24)25/h3-6,12,15,20H,2,7-11H2,1H3,(H,24,25)/t15-/m1/s1. The van der Waals surface area contributed by atoms with Crippen LogP contribution in [0.1, 0.15) is 35.8 Å². The Bertz CT molecular complexity index is 792. The largest absolute Gasteiger partial charge is 0.476 e. The summed E-state index contributed by atoms with van der Waals surface area (Å²) in [6.07, 6.45) is 2.48. The number of benzene rings is 1. The van der Waals surface area contributed by atoms with Crippen LogP contribution in [0.2, 0.25) is 0 Å². The number of likely N-dealkylation sites (tertiary alicyclic amines) is 1. The van der Waals surface area contributed by atoms with E-state index < -0.39 is 5.97 Å². The maximum atomic E-state index is 12.2. The number of carboxylic acids is 1. The lowest BCUT2D eigenvalue weighted by Gasteiger charge is -2.25. The number of aromatic carboxylic acids is 1. The quantitative estimate of drug-likeness (QED) is 0.620. The van der Waals surface area contributed by atoms with Crippen LogP contribution >= 0.6 is 23.1 Å². The van der Waals surface area contributed by atoms with Gasteiger partial charge in [-0.2, -0.15) is 0 Å². The number of carbonyl (C=O) groups is 2. The van der Waals surface area contributed by atoms with Crippen molar-refractivity contribution in [2.24, 2.45) is 0 Å². The first-order chi connectivity index (χ1) is 13.1. The monoisotopic (exact) mass is 405 g/mol. The molecule has 1 aromatic heterocycles. The van der Waals surface area contributed by atoms with E-state index in [1.165, 1.54) is 28.7 Å². The highest BCUT2D eigenvalue weighted by Crippen LogP contribution is 2.25. The van der Waals surface area contributed by atoms with Crippen LogP contribution in [0.15, 0.2) is 34.0 Å². The number of nitrogens with one attached hydrogen (secondary N) is 1. The summed E-state index contributed by atoms with van der Waals surface area (Å²) in [5.74, 6) is -0.111. The Morgan fingerprint density at radius 2 is 2.19 bits per heavy atom. The molecule has 0 bridgehead atoms. The second kappa shape index (κ2) is 9.23. The first-order valence-corrected chi connectivity index (χ1v) is 10.9. The van der Waals surface area contributed by atoms with Gasteiger partial charge >= 0.3 is 5.97 Å². The van der Waals surface area contributed by atoms with E-state index in [2.05, 4.69) is 41.5 Å². The van der Waals surface area contributed by atoms with Crippen molar-refractivity contribution in [1.82, 2.24) is 9.88 Å². The van der Waals surface area contributed by atoms with Gasteiger partial charge in [0.15, 0.2) is 10.0 Å². The van der Waals surface area contributed by atoms with E-state index in [1.54, 1.807) is 5.38 Å². The number of aryl methyl sites for hydroxylation is 1. The van der Waals surface area contributed by atoms with Crippen LogP contribution in [0.4, 0.5) is 5.69 Å². The van der Waals surface area contributed by atoms with Gasteiger partial charge in [-0.1, -0.05) is 30.8 Å². The van der Waals surface area contributed by atoms with Gasteiger partial charge in [0.25, 0.3) is 0 Å². The molecule has 1 amide bonds. The molecule has 0 spiro atoms. The third-order valence-corrected chi connectivity index (χ3v) is 6.62. The Balaban J connectivity index is 1.48. The number of anilines is 1. The van der Waals surface area contributed by atoms with E-state index in [-0.39, 0.29) is 17.6 Å². The maximum Gasteiger partial charge on any atom is 0.355 e. The molecule has 1 saturated heterocycles. The summed E-state index contributed by atoms with van der Waals surface area (Å²) in [5, 5.41) is 13.9. The number of aromatic nitrogens is 1. The molecule has 8 heteroatoms. The fraction of sp³-hybridized carbons (Fsp3) is 0.421. The van der Waals surface area contributed by atoms with Gasteiger partial charge in [0.1, 0.15) is 0 Å². The zero-order valence-corrected chi connectivity index (χ0v) is 16.8. The van der Waals surface area contributed by atoms with Crippen molar-refractivity contribution in [3.05, 3.63) is 40.9 Å². The van der Waals surface area contributed by atoms with Gasteiger partial charge in [0.2, 0.25) is 5.91 Å². The van der Waals surface area contributed by atoms with Crippen molar-refractivity contribution >= 4 is 40.7 Å². The van der Waals surface area contributed by atoms with Gasteiger partial charge in [0.05, 0.1) is 0 Å². The molecule has 3 rings (SSSR count). The Labute approximate surface area is 167 Å². The third kappa shape index (κ3) is 5.23. The predicted octanol–water partition coefficient (Wildman–Crippen LogP) is 3.60. The maximum absolute atomic E-state index is 12.2. The number of hydrogen-bond donors (Lipinski definition) is 2. The summed E-state index contributed by atoms with van der Waals surface area (Å²) in [7, 11) is 0. The first kappa shape index (κ1) is 19.7. The highest BCUT2D eigenvalue weighted by Gasteiger charge is 2.30. The fourth-order valence-electron chi connectivity index (χ4n) is 3.06. The molecule has 0 unspecified atom stereocenters. The summed E-state index contributed by atoms with van der Waals surface area (Å²) >= 11 is 2.83. The summed E-state index contributed by atoms with van der Waals surface area (Å²) < 4.78 is 0.727. The van der Waals surface area contributed by atoms with Crippen LogP contribution in [0.3, 0.4) is 0 Å². The van der Waals surface area contributed by atoms with Crippen LogP contribution in [-0.4, -0.2) is 51.8 Å². The van der Waals surface area contributed by atoms with Crippen LogP contribution in [0.5, 0.6) is 0 Å². The summed E-state index contributed by atoms with van der Waals surface area (Å²) in [6.45, 7) is 3.52. The number of nitrogens with zero attached hydrogens (tertiary/aromatic N) is 2. The van der Waals surface area contributed by atoms with Crippen LogP contribution in [0.25, 0.3) is 0 Å². The SMILES string of the molecule is CCc1ccc(NC[C@H]2CCC(=O)N2CCSc2nc(C(=O)O)cs2)cc1. The number of rotatable bonds is 9. The number of thioether (sulfide) groups is 1. The summed E-state index contributed by atoms with van der Waals surface area (Å²) in [5.41, 5.74) is 2.46. The van der Waals surface area contributed by atoms with E-state index >= 15 is 0 Å². The number of amides is 1. The Hall–Kier alpha value is -2.06. The molecule has 6 nitrogen and oxygen atoms in total. The predicted molar refractivity (Wildman–Crippen MR) is 109 cm³/mol. The fourth-order valence-corrected chi connectivity index (χ4v) is 4.87. The average molecular weight is 406 g/mol. The van der Waals surface area contributed by atoms with Crippen molar-refractivity contribution in [2.75, 3.05) is 24.2 Å². The normalized spacial score (nSPS) is 16.7. The van der Waals surface area contributed by atoms with Crippen molar-refractivity contribution in [3.8, 4) is 0 Å². The lowest BCUT2D eigenvalue weighted by atomic mass is 10.1. The molecular formula is C19H23N3O3S2. The molecule has 1 aliphatic rings. The third-order valence-electron chi connectivity index (χ3n) is 4.62. The molecule has 1 fully saturated rings. The minimum atomic E-state index is -1.01. The van der Waals surface area contributed by atoms with E-state index in [0.717, 1.165) is 29.4 Å². The Morgan fingerprint density at radius 1 is 1.41 bits per heavy atom. The number of hydrogen-bond acceptors (Lipinski definition) is 6. The van der Waals surface area contributed by atoms with Crippen molar-refractivity contribution < 1.29 is 14.7 Å². The molecule has 27 heavy (non-hydrogen) atoms. The van der Waals surface area contributed by atoms with Gasteiger partial charge in [-0.3, -0.25) is 4.79 Å². The number of carbonyl (C=O) groups excluding carboxylic acids is 1. The van der Waals surface area contributed by atoms with Crippen LogP contribution < -0.4 is 5.32 Å². The van der Waals surface area contributed by atoms with Gasteiger partial charge in [-0.05, 0) is 30.5 Å². The van der Waals surface area contributed by atoms with E-state index in [4.69, 9.17) is 5.11 Å². The van der Waals surface area contributed by atoms with E-state index in [1.807, 2.05) is 4.90 Å². The molecule has 0 radical (unpaired) electrons. The van der Waals surface area contributed by atoms with E-state index in [0.29, 0.717) is 18.7 Å². The van der Waals surface area contributed by atoms with E-state index in [9.17, 15) is 9.59 Å². The number of carboxylic acid groups (broad SMARTS) is 1. The highest BCUT2D eigenvalue weighted by atomic mass is 32.2. The van der Waals surface area contributed by atoms with Gasteiger partial charge < -0.3 is 15.3 Å². The van der Waals surface area contributed by atoms with Crippen molar-refractivity contribution in [1.29, 1.82) is 0 Å². The lowest BCUT2D eigenvalue weighted by molar-refractivity contribution is -0.128. The van der Waals surface area contributed by atoms with Gasteiger partial charge in [-0.15, -0.1) is 11.3 Å². The molecular weight excluding hydrogens is 382 g/mol. The molecule has 2 N–H and O–H groups in total. The minimum absolute atomic E-state index is 0.0796. The van der Waals surface area contributed by atoms with Crippen LogP contribution in [-0.2, 0) is 11.2 Å². The van der Waals surface area contributed by atoms with Crippen molar-refractivity contribution in [3.63, 3.8) is 0 Å². The van der Waals surface area contributed by atoms with Crippen LogP contribution in [0, 0.1) is 0 Å². The number of thiazole rings is 1.